The maximum atomic E-state index is 14.1. The Hall–Kier alpha value is -1.09. The van der Waals surface area contributed by atoms with E-state index in [4.69, 9.17) is 0 Å². The molecule has 1 N–H and O–H groups in total. The highest BCUT2D eigenvalue weighted by Gasteiger charge is 2.36. The minimum Gasteiger partial charge on any atom is -0.389 e. The number of anilines is 1. The molecule has 2 nitrogen and oxygen atoms in total. The fraction of sp³-hybridized carbons (Fsp3) is 0.600. The third-order valence-electron chi connectivity index (χ3n) is 4.52. The predicted molar refractivity (Wildman–Crippen MR) is 70.1 cm³/mol. The van der Waals surface area contributed by atoms with Crippen LogP contribution in [0.5, 0.6) is 0 Å². The molecule has 1 saturated heterocycles. The molecule has 1 aliphatic carbocycles. The van der Waals surface area contributed by atoms with Crippen LogP contribution >= 0.6 is 0 Å². The topological polar surface area (TPSA) is 23.5 Å². The molecule has 98 valence electrons. The zero-order valence-electron chi connectivity index (χ0n) is 10.8. The Bertz CT molecular complexity index is 434. The van der Waals surface area contributed by atoms with Gasteiger partial charge >= 0.3 is 0 Å². The monoisotopic (exact) mass is 249 g/mol. The SMILES string of the molecule is CC(O)c1ccc(N2CC3CCCC3C2)c(F)c1. The van der Waals surface area contributed by atoms with Crippen LogP contribution in [0.1, 0.15) is 37.9 Å². The van der Waals surface area contributed by atoms with E-state index in [1.54, 1.807) is 6.92 Å². The summed E-state index contributed by atoms with van der Waals surface area (Å²) in [6, 6.07) is 5.11. The number of nitrogens with zero attached hydrogens (tertiary/aromatic N) is 1. The second-order valence-corrected chi connectivity index (χ2v) is 5.74. The number of hydrogen-bond donors (Lipinski definition) is 1. The number of benzene rings is 1. The molecule has 0 aromatic heterocycles. The number of rotatable bonds is 2. The van der Waals surface area contributed by atoms with E-state index in [1.165, 1.54) is 25.3 Å². The van der Waals surface area contributed by atoms with Gasteiger partial charge in [0.2, 0.25) is 0 Å². The molecule has 3 unspecified atom stereocenters. The summed E-state index contributed by atoms with van der Waals surface area (Å²) in [4.78, 5) is 2.18. The van der Waals surface area contributed by atoms with Crippen LogP contribution in [0.4, 0.5) is 10.1 Å². The molecule has 1 saturated carbocycles. The molecule has 2 aliphatic rings. The van der Waals surface area contributed by atoms with Crippen molar-refractivity contribution in [1.29, 1.82) is 0 Å². The Labute approximate surface area is 107 Å². The van der Waals surface area contributed by atoms with Crippen molar-refractivity contribution in [3.63, 3.8) is 0 Å². The first kappa shape index (κ1) is 12.0. The van der Waals surface area contributed by atoms with Crippen LogP contribution < -0.4 is 4.90 Å². The summed E-state index contributed by atoms with van der Waals surface area (Å²) in [5.74, 6) is 1.33. The zero-order valence-corrected chi connectivity index (χ0v) is 10.8. The predicted octanol–water partition coefficient (Wildman–Crippen LogP) is 3.12. The highest BCUT2D eigenvalue weighted by atomic mass is 19.1. The van der Waals surface area contributed by atoms with Gasteiger partial charge < -0.3 is 10.0 Å². The first-order valence-corrected chi connectivity index (χ1v) is 6.87. The molecule has 0 bridgehead atoms. The van der Waals surface area contributed by atoms with Gasteiger partial charge in [-0.1, -0.05) is 12.5 Å². The van der Waals surface area contributed by atoms with Gasteiger partial charge in [0.25, 0.3) is 0 Å². The van der Waals surface area contributed by atoms with E-state index in [0.717, 1.165) is 24.9 Å². The van der Waals surface area contributed by atoms with E-state index in [0.29, 0.717) is 11.3 Å². The second kappa shape index (κ2) is 4.54. The van der Waals surface area contributed by atoms with E-state index in [9.17, 15) is 9.50 Å². The molecule has 18 heavy (non-hydrogen) atoms. The van der Waals surface area contributed by atoms with Crippen LogP contribution in [-0.2, 0) is 0 Å². The summed E-state index contributed by atoms with van der Waals surface area (Å²) >= 11 is 0. The first-order valence-electron chi connectivity index (χ1n) is 6.87. The van der Waals surface area contributed by atoms with Crippen molar-refractivity contribution in [2.24, 2.45) is 11.8 Å². The summed E-state index contributed by atoms with van der Waals surface area (Å²) in [6.45, 7) is 3.65. The lowest BCUT2D eigenvalue weighted by Crippen LogP contribution is -2.21. The maximum Gasteiger partial charge on any atom is 0.146 e. The van der Waals surface area contributed by atoms with Crippen LogP contribution in [0.3, 0.4) is 0 Å². The van der Waals surface area contributed by atoms with Crippen LogP contribution in [0.2, 0.25) is 0 Å². The van der Waals surface area contributed by atoms with Crippen LogP contribution in [-0.4, -0.2) is 18.2 Å². The normalized spacial score (nSPS) is 28.5. The fourth-order valence-corrected chi connectivity index (χ4v) is 3.47. The van der Waals surface area contributed by atoms with Gasteiger partial charge in [0.15, 0.2) is 0 Å². The summed E-state index contributed by atoms with van der Waals surface area (Å²) in [6.07, 6.45) is 3.34. The smallest absolute Gasteiger partial charge is 0.146 e. The fourth-order valence-electron chi connectivity index (χ4n) is 3.47. The van der Waals surface area contributed by atoms with Gasteiger partial charge in [-0.3, -0.25) is 0 Å². The van der Waals surface area contributed by atoms with Crippen LogP contribution in [0, 0.1) is 17.7 Å². The quantitative estimate of drug-likeness (QED) is 0.870. The van der Waals surface area contributed by atoms with E-state index < -0.39 is 6.10 Å². The summed E-state index contributed by atoms with van der Waals surface area (Å²) in [5, 5.41) is 9.46. The average molecular weight is 249 g/mol. The summed E-state index contributed by atoms with van der Waals surface area (Å²) < 4.78 is 14.1. The van der Waals surface area contributed by atoms with Crippen molar-refractivity contribution in [2.75, 3.05) is 18.0 Å². The third-order valence-corrected chi connectivity index (χ3v) is 4.52. The number of halogens is 1. The van der Waals surface area contributed by atoms with Gasteiger partial charge in [0.05, 0.1) is 11.8 Å². The van der Waals surface area contributed by atoms with E-state index in [2.05, 4.69) is 4.90 Å². The van der Waals surface area contributed by atoms with Crippen molar-refractivity contribution in [3.05, 3.63) is 29.6 Å². The minimum absolute atomic E-state index is 0.201. The minimum atomic E-state index is -0.605. The molecule has 0 amide bonds. The molecular weight excluding hydrogens is 229 g/mol. The lowest BCUT2D eigenvalue weighted by atomic mass is 10.0. The Kier molecular flexibility index (Phi) is 3.02. The lowest BCUT2D eigenvalue weighted by Gasteiger charge is -2.21. The van der Waals surface area contributed by atoms with E-state index in [-0.39, 0.29) is 5.82 Å². The molecular formula is C15H20FNO. The molecule has 1 aromatic rings. The Morgan fingerprint density at radius 3 is 2.50 bits per heavy atom. The average Bonchev–Trinajstić information content (AvgIpc) is 2.88. The van der Waals surface area contributed by atoms with Gasteiger partial charge in [-0.15, -0.1) is 0 Å². The zero-order chi connectivity index (χ0) is 12.7. The Morgan fingerprint density at radius 2 is 1.94 bits per heavy atom. The second-order valence-electron chi connectivity index (χ2n) is 5.74. The Balaban J connectivity index is 1.81. The largest absolute Gasteiger partial charge is 0.389 e. The van der Waals surface area contributed by atoms with E-state index >= 15 is 0 Å². The standard InChI is InChI=1S/C15H20FNO/c1-10(18)11-5-6-15(14(16)7-11)17-8-12-3-2-4-13(12)9-17/h5-7,10,12-13,18H,2-4,8-9H2,1H3. The number of fused-ring (bicyclic) bond motifs is 1. The molecule has 3 rings (SSSR count). The molecule has 2 fully saturated rings. The van der Waals surface area contributed by atoms with E-state index in [1.807, 2.05) is 12.1 Å². The molecule has 1 aromatic carbocycles. The summed E-state index contributed by atoms with van der Waals surface area (Å²) in [5.41, 5.74) is 1.35. The molecule has 0 radical (unpaired) electrons. The lowest BCUT2D eigenvalue weighted by molar-refractivity contribution is 0.199. The highest BCUT2D eigenvalue weighted by Crippen LogP contribution is 2.40. The van der Waals surface area contributed by atoms with Gasteiger partial charge in [0, 0.05) is 13.1 Å². The van der Waals surface area contributed by atoms with Crippen molar-refractivity contribution in [3.8, 4) is 0 Å². The van der Waals surface area contributed by atoms with Gasteiger partial charge in [-0.25, -0.2) is 4.39 Å². The maximum absolute atomic E-state index is 14.1. The number of hydrogen-bond acceptors (Lipinski definition) is 2. The van der Waals surface area contributed by atoms with Crippen LogP contribution in [0.25, 0.3) is 0 Å². The molecule has 3 heteroatoms. The van der Waals surface area contributed by atoms with Crippen molar-refractivity contribution >= 4 is 5.69 Å². The van der Waals surface area contributed by atoms with Gasteiger partial charge in [0.1, 0.15) is 5.82 Å². The number of aliphatic hydroxyl groups is 1. The molecule has 3 atom stereocenters. The van der Waals surface area contributed by atoms with Crippen LogP contribution in [0.15, 0.2) is 18.2 Å². The highest BCUT2D eigenvalue weighted by molar-refractivity contribution is 5.50. The van der Waals surface area contributed by atoms with Crippen molar-refractivity contribution in [2.45, 2.75) is 32.3 Å². The van der Waals surface area contributed by atoms with Gasteiger partial charge in [-0.2, -0.15) is 0 Å². The first-order chi connectivity index (χ1) is 8.65. The number of aliphatic hydroxyl groups excluding tert-OH is 1. The summed E-state index contributed by atoms with van der Waals surface area (Å²) in [7, 11) is 0. The van der Waals surface area contributed by atoms with Crippen molar-refractivity contribution < 1.29 is 9.50 Å². The van der Waals surface area contributed by atoms with Gasteiger partial charge in [-0.05, 0) is 49.3 Å². The Morgan fingerprint density at radius 1 is 1.28 bits per heavy atom. The van der Waals surface area contributed by atoms with Crippen molar-refractivity contribution in [1.82, 2.24) is 0 Å². The molecule has 1 heterocycles. The molecule has 1 aliphatic heterocycles. The molecule has 0 spiro atoms. The third kappa shape index (κ3) is 2.01.